The van der Waals surface area contributed by atoms with Crippen molar-refractivity contribution in [2.45, 2.75) is 44.4 Å². The van der Waals surface area contributed by atoms with E-state index in [0.29, 0.717) is 25.9 Å². The number of aliphatic hydroxyl groups is 1. The summed E-state index contributed by atoms with van der Waals surface area (Å²) < 4.78 is 42.1. The van der Waals surface area contributed by atoms with Crippen LogP contribution < -0.4 is 0 Å². The van der Waals surface area contributed by atoms with E-state index in [2.05, 4.69) is 4.90 Å². The molecule has 0 aromatic rings. The second kappa shape index (κ2) is 8.07. The van der Waals surface area contributed by atoms with Gasteiger partial charge in [-0.2, -0.15) is 13.2 Å². The zero-order chi connectivity index (χ0) is 14.3. The molecule has 0 aromatic heterocycles. The molecular weight excluding hydrogens is 259 g/mol. The second-order valence-corrected chi connectivity index (χ2v) is 5.22. The van der Waals surface area contributed by atoms with Crippen LogP contribution in [0.2, 0.25) is 0 Å². The number of halogens is 3. The summed E-state index contributed by atoms with van der Waals surface area (Å²) in [5.74, 6) is -0.634. The fourth-order valence-corrected chi connectivity index (χ4v) is 2.52. The Balaban J connectivity index is 2.15. The van der Waals surface area contributed by atoms with Crippen LogP contribution in [0.25, 0.3) is 0 Å². The van der Waals surface area contributed by atoms with Crippen LogP contribution in [0.15, 0.2) is 0 Å². The molecule has 1 aliphatic rings. The number of likely N-dealkylation sites (tertiary alicyclic amines) is 1. The summed E-state index contributed by atoms with van der Waals surface area (Å²) >= 11 is 0. The molecule has 1 unspecified atom stereocenters. The Kier molecular flexibility index (Phi) is 7.10. The number of hydrogen-bond donors (Lipinski definition) is 1. The van der Waals surface area contributed by atoms with E-state index in [0.717, 1.165) is 32.4 Å². The van der Waals surface area contributed by atoms with Crippen LogP contribution >= 0.6 is 0 Å². The van der Waals surface area contributed by atoms with Crippen LogP contribution in [0.5, 0.6) is 0 Å². The molecule has 0 amide bonds. The van der Waals surface area contributed by atoms with E-state index in [9.17, 15) is 18.3 Å². The fraction of sp³-hybridized carbons (Fsp3) is 1.00. The van der Waals surface area contributed by atoms with Gasteiger partial charge in [0.1, 0.15) is 0 Å². The molecule has 0 aliphatic carbocycles. The Morgan fingerprint density at radius 2 is 1.84 bits per heavy atom. The first kappa shape index (κ1) is 16.7. The third-order valence-electron chi connectivity index (χ3n) is 3.74. The minimum absolute atomic E-state index is 0.429. The van der Waals surface area contributed by atoms with Crippen LogP contribution in [0.1, 0.15) is 32.1 Å². The van der Waals surface area contributed by atoms with E-state index in [1.54, 1.807) is 7.11 Å². The lowest BCUT2D eigenvalue weighted by atomic mass is 9.91. The highest BCUT2D eigenvalue weighted by molar-refractivity contribution is 4.81. The minimum atomic E-state index is -4.48. The highest BCUT2D eigenvalue weighted by atomic mass is 19.4. The molecule has 1 rings (SSSR count). The van der Waals surface area contributed by atoms with Crippen LogP contribution in [0.4, 0.5) is 13.2 Å². The molecule has 0 saturated carbocycles. The molecule has 6 heteroatoms. The zero-order valence-corrected chi connectivity index (χ0v) is 11.5. The number of hydrogen-bond acceptors (Lipinski definition) is 3. The Hall–Kier alpha value is -0.330. The highest BCUT2D eigenvalue weighted by Gasteiger charge is 2.43. The molecule has 19 heavy (non-hydrogen) atoms. The first-order valence-electron chi connectivity index (χ1n) is 6.91. The van der Waals surface area contributed by atoms with Gasteiger partial charge in [0.25, 0.3) is 0 Å². The summed E-state index contributed by atoms with van der Waals surface area (Å²) in [6, 6.07) is 0. The van der Waals surface area contributed by atoms with Gasteiger partial charge >= 0.3 is 6.18 Å². The van der Waals surface area contributed by atoms with Crippen molar-refractivity contribution >= 4 is 0 Å². The number of rotatable bonds is 7. The summed E-state index contributed by atoms with van der Waals surface area (Å²) in [6.45, 7) is 3.00. The van der Waals surface area contributed by atoms with Gasteiger partial charge in [-0.1, -0.05) is 0 Å². The lowest BCUT2D eigenvalue weighted by molar-refractivity contribution is -0.223. The largest absolute Gasteiger partial charge is 0.414 e. The molecule has 1 fully saturated rings. The summed E-state index contributed by atoms with van der Waals surface area (Å²) in [5, 5.41) is 9.21. The van der Waals surface area contributed by atoms with E-state index in [4.69, 9.17) is 4.74 Å². The molecule has 1 atom stereocenters. The van der Waals surface area contributed by atoms with Gasteiger partial charge in [0, 0.05) is 13.7 Å². The first-order chi connectivity index (χ1) is 8.95. The third-order valence-corrected chi connectivity index (χ3v) is 3.74. The van der Waals surface area contributed by atoms with Gasteiger partial charge in [0.2, 0.25) is 0 Å². The van der Waals surface area contributed by atoms with Gasteiger partial charge in [-0.3, -0.25) is 0 Å². The SMILES string of the molecule is COCCCCCN1CCC(C(O)C(F)(F)F)CC1. The van der Waals surface area contributed by atoms with Gasteiger partial charge in [-0.05, 0) is 57.7 Å². The van der Waals surface area contributed by atoms with E-state index in [-0.39, 0.29) is 0 Å². The maximum Gasteiger partial charge on any atom is 0.414 e. The van der Waals surface area contributed by atoms with Crippen molar-refractivity contribution in [3.8, 4) is 0 Å². The van der Waals surface area contributed by atoms with E-state index < -0.39 is 18.2 Å². The molecule has 0 aromatic carbocycles. The highest BCUT2D eigenvalue weighted by Crippen LogP contribution is 2.31. The van der Waals surface area contributed by atoms with Gasteiger partial charge in [0.05, 0.1) is 0 Å². The Labute approximate surface area is 112 Å². The van der Waals surface area contributed by atoms with Crippen LogP contribution in [0.3, 0.4) is 0 Å². The average Bonchev–Trinajstić information content (AvgIpc) is 2.37. The summed E-state index contributed by atoms with van der Waals surface area (Å²) in [6.07, 6.45) is -2.62. The van der Waals surface area contributed by atoms with Crippen molar-refractivity contribution in [3.05, 3.63) is 0 Å². The number of ether oxygens (including phenoxy) is 1. The van der Waals surface area contributed by atoms with Crippen LogP contribution in [-0.4, -0.2) is 55.6 Å². The number of methoxy groups -OCH3 is 1. The van der Waals surface area contributed by atoms with Crippen LogP contribution in [0, 0.1) is 5.92 Å². The van der Waals surface area contributed by atoms with Gasteiger partial charge < -0.3 is 14.7 Å². The van der Waals surface area contributed by atoms with Crippen molar-refractivity contribution in [1.82, 2.24) is 4.90 Å². The first-order valence-corrected chi connectivity index (χ1v) is 6.91. The topological polar surface area (TPSA) is 32.7 Å². The van der Waals surface area contributed by atoms with E-state index in [1.165, 1.54) is 0 Å². The third kappa shape index (κ3) is 6.10. The van der Waals surface area contributed by atoms with Crippen molar-refractivity contribution < 1.29 is 23.0 Å². The second-order valence-electron chi connectivity index (χ2n) is 5.22. The molecular formula is C13H24F3NO2. The average molecular weight is 283 g/mol. The lowest BCUT2D eigenvalue weighted by Gasteiger charge is -2.34. The van der Waals surface area contributed by atoms with Gasteiger partial charge in [-0.25, -0.2) is 0 Å². The van der Waals surface area contributed by atoms with Crippen LogP contribution in [-0.2, 0) is 4.74 Å². The molecule has 0 spiro atoms. The van der Waals surface area contributed by atoms with E-state index in [1.807, 2.05) is 0 Å². The summed E-state index contributed by atoms with van der Waals surface area (Å²) in [5.41, 5.74) is 0. The van der Waals surface area contributed by atoms with Crippen molar-refractivity contribution in [2.75, 3.05) is 33.4 Å². The molecule has 0 bridgehead atoms. The Morgan fingerprint density at radius 3 is 2.37 bits per heavy atom. The summed E-state index contributed by atoms with van der Waals surface area (Å²) in [4.78, 5) is 2.19. The summed E-state index contributed by atoms with van der Waals surface area (Å²) in [7, 11) is 1.68. The predicted molar refractivity (Wildman–Crippen MR) is 67.0 cm³/mol. The van der Waals surface area contributed by atoms with Crippen molar-refractivity contribution in [2.24, 2.45) is 5.92 Å². The minimum Gasteiger partial charge on any atom is -0.385 e. The number of piperidine rings is 1. The molecule has 1 heterocycles. The Morgan fingerprint density at radius 1 is 1.21 bits per heavy atom. The predicted octanol–water partition coefficient (Wildman–Crippen LogP) is 2.44. The van der Waals surface area contributed by atoms with Gasteiger partial charge in [-0.15, -0.1) is 0 Å². The maximum absolute atomic E-state index is 12.4. The van der Waals surface area contributed by atoms with Gasteiger partial charge in [0.15, 0.2) is 6.10 Å². The van der Waals surface area contributed by atoms with Crippen molar-refractivity contribution in [3.63, 3.8) is 0 Å². The zero-order valence-electron chi connectivity index (χ0n) is 11.5. The number of nitrogens with zero attached hydrogens (tertiary/aromatic N) is 1. The number of unbranched alkanes of at least 4 members (excludes halogenated alkanes) is 2. The number of alkyl halides is 3. The van der Waals surface area contributed by atoms with Crippen molar-refractivity contribution in [1.29, 1.82) is 0 Å². The quantitative estimate of drug-likeness (QED) is 0.728. The molecule has 3 nitrogen and oxygen atoms in total. The lowest BCUT2D eigenvalue weighted by Crippen LogP contribution is -2.43. The Bertz CT molecular complexity index is 241. The fourth-order valence-electron chi connectivity index (χ4n) is 2.52. The molecule has 0 radical (unpaired) electrons. The molecule has 1 saturated heterocycles. The molecule has 114 valence electrons. The molecule has 1 aliphatic heterocycles. The monoisotopic (exact) mass is 283 g/mol. The van der Waals surface area contributed by atoms with E-state index >= 15 is 0 Å². The number of aliphatic hydroxyl groups excluding tert-OH is 1. The molecule has 1 N–H and O–H groups in total. The smallest absolute Gasteiger partial charge is 0.385 e. The standard InChI is InChI=1S/C13H24F3NO2/c1-19-10-4-2-3-7-17-8-5-11(6-9-17)12(18)13(14,15)16/h11-12,18H,2-10H2,1H3. The normalized spacial score (nSPS) is 20.7. The maximum atomic E-state index is 12.4.